The number of benzene rings is 5. The first-order valence-corrected chi connectivity index (χ1v) is 26.2. The van der Waals surface area contributed by atoms with Gasteiger partial charge in [0.1, 0.15) is 73.5 Å². The molecule has 10 rings (SSSR count). The Morgan fingerprint density at radius 2 is 1.45 bits per heavy atom. The topological polar surface area (TPSA) is 203 Å². The molecule has 1 spiro atoms. The maximum absolute atomic E-state index is 15.2. The van der Waals surface area contributed by atoms with Crippen LogP contribution in [-0.2, 0) is 48.4 Å². The lowest BCUT2D eigenvalue weighted by Crippen LogP contribution is -2.61. The summed E-state index contributed by atoms with van der Waals surface area (Å²) in [5.74, 6) is -4.52. The monoisotopic (exact) mass is 1050 g/mol. The highest BCUT2D eigenvalue weighted by molar-refractivity contribution is 6.11. The second-order valence-electron chi connectivity index (χ2n) is 20.3. The number of carbonyl (C=O) groups excluding carboxylic acids is 6. The van der Waals surface area contributed by atoms with Gasteiger partial charge < -0.3 is 49.2 Å². The highest BCUT2D eigenvalue weighted by Gasteiger charge is 2.74. The second-order valence-corrected chi connectivity index (χ2v) is 20.3. The molecule has 17 nitrogen and oxygen atoms in total. The van der Waals surface area contributed by atoms with Crippen molar-refractivity contribution in [3.05, 3.63) is 174 Å². The van der Waals surface area contributed by atoms with Gasteiger partial charge in [-0.3, -0.25) is 33.7 Å². The number of piperazine rings is 1. The molecular formula is C60H63N5O12. The van der Waals surface area contributed by atoms with E-state index < -0.39 is 83.4 Å². The molecule has 4 saturated heterocycles. The van der Waals surface area contributed by atoms with Gasteiger partial charge in [-0.2, -0.15) is 0 Å². The summed E-state index contributed by atoms with van der Waals surface area (Å²) < 4.78 is 30.1. The summed E-state index contributed by atoms with van der Waals surface area (Å²) in [7, 11) is 3.96. The van der Waals surface area contributed by atoms with Crippen LogP contribution < -0.4 is 20.1 Å². The maximum Gasteiger partial charge on any atom is 0.325 e. The van der Waals surface area contributed by atoms with E-state index >= 15 is 4.79 Å². The zero-order chi connectivity index (χ0) is 53.8. The van der Waals surface area contributed by atoms with E-state index in [9.17, 15) is 29.1 Å². The Balaban J connectivity index is 0.930. The summed E-state index contributed by atoms with van der Waals surface area (Å²) in [5, 5.41) is 15.4. The number of hydrogen-bond acceptors (Lipinski definition) is 14. The molecule has 4 fully saturated rings. The summed E-state index contributed by atoms with van der Waals surface area (Å²) in [6.45, 7) is 4.03. The fourth-order valence-electron chi connectivity index (χ4n) is 12.3. The zero-order valence-corrected chi connectivity index (χ0v) is 43.0. The predicted molar refractivity (Wildman–Crippen MR) is 282 cm³/mol. The Hall–Kier alpha value is -7.86. The Morgan fingerprint density at radius 3 is 2.18 bits per heavy atom. The number of carbonyl (C=O) groups is 6. The van der Waals surface area contributed by atoms with Crippen molar-refractivity contribution in [3.63, 3.8) is 0 Å². The molecule has 5 aliphatic heterocycles. The van der Waals surface area contributed by atoms with E-state index in [4.69, 9.17) is 23.7 Å². The summed E-state index contributed by atoms with van der Waals surface area (Å²) in [6.07, 6.45) is 2.65. The SMILES string of the molecule is C=CCOC(=O)[C@@H]1[C@H]2C(=O)O[C@H](c3ccccc3)[C@H](c3ccccc3)N2[C@H](c2ccc(OCCOC(=O)[C@H]3C[C@H]4C(=O)N[C@@H](CCCCN(C)C)C(=O)N4[C@H]3c3cccc(OCCO)c3)cc2)[C@@]12C(=O)Nc1ccccc12. The van der Waals surface area contributed by atoms with Crippen LogP contribution in [0.5, 0.6) is 11.5 Å². The number of fused-ring (bicyclic) bond motifs is 4. The van der Waals surface area contributed by atoms with Crippen LogP contribution >= 0.6 is 0 Å². The van der Waals surface area contributed by atoms with Crippen LogP contribution in [0.15, 0.2) is 146 Å². The second kappa shape index (κ2) is 22.8. The number of unbranched alkanes of at least 4 members (excludes halogenated alkanes) is 1. The van der Waals surface area contributed by atoms with Crippen molar-refractivity contribution in [1.82, 2.24) is 20.0 Å². The van der Waals surface area contributed by atoms with Gasteiger partial charge in [0.25, 0.3) is 0 Å². The van der Waals surface area contributed by atoms with Gasteiger partial charge in [-0.05, 0) is 104 Å². The molecule has 5 aromatic carbocycles. The molecule has 5 aromatic rings. The van der Waals surface area contributed by atoms with E-state index in [-0.39, 0.29) is 51.3 Å². The van der Waals surface area contributed by atoms with Crippen LogP contribution in [0, 0.1) is 11.8 Å². The first kappa shape index (κ1) is 52.6. The number of para-hydroxylation sites is 1. The number of nitrogens with zero attached hydrogens (tertiary/aromatic N) is 3. The lowest BCUT2D eigenvalue weighted by Gasteiger charge is -2.46. The van der Waals surface area contributed by atoms with E-state index in [1.807, 2.05) is 97.9 Å². The first-order valence-electron chi connectivity index (χ1n) is 26.2. The van der Waals surface area contributed by atoms with Gasteiger partial charge in [0.05, 0.1) is 30.7 Å². The van der Waals surface area contributed by atoms with Gasteiger partial charge >= 0.3 is 17.9 Å². The van der Waals surface area contributed by atoms with E-state index in [0.29, 0.717) is 40.3 Å². The molecule has 10 atom stereocenters. The van der Waals surface area contributed by atoms with Crippen molar-refractivity contribution >= 4 is 41.3 Å². The number of hydrogen-bond donors (Lipinski definition) is 3. The van der Waals surface area contributed by atoms with E-state index in [1.54, 1.807) is 54.6 Å². The Morgan fingerprint density at radius 1 is 0.753 bits per heavy atom. The largest absolute Gasteiger partial charge is 0.491 e. The summed E-state index contributed by atoms with van der Waals surface area (Å²) in [4.78, 5) is 92.6. The molecule has 0 radical (unpaired) electrons. The lowest BCUT2D eigenvalue weighted by molar-refractivity contribution is -0.180. The van der Waals surface area contributed by atoms with Crippen LogP contribution in [0.1, 0.15) is 77.7 Å². The summed E-state index contributed by atoms with van der Waals surface area (Å²) in [5.41, 5.74) is 2.06. The number of ether oxygens (including phenoxy) is 5. The number of esters is 3. The fraction of sp³-hybridized carbons (Fsp3) is 0.367. The zero-order valence-electron chi connectivity index (χ0n) is 43.0. The number of anilines is 1. The minimum Gasteiger partial charge on any atom is -0.491 e. The molecule has 5 heterocycles. The van der Waals surface area contributed by atoms with Crippen LogP contribution in [0.25, 0.3) is 0 Å². The van der Waals surface area contributed by atoms with Gasteiger partial charge in [0.15, 0.2) is 0 Å². The maximum atomic E-state index is 15.2. The third-order valence-electron chi connectivity index (χ3n) is 15.5. The van der Waals surface area contributed by atoms with Gasteiger partial charge in [0.2, 0.25) is 17.7 Å². The number of rotatable bonds is 20. The van der Waals surface area contributed by atoms with Crippen molar-refractivity contribution in [2.45, 2.75) is 73.5 Å². The normalized spacial score (nSPS) is 26.3. The summed E-state index contributed by atoms with van der Waals surface area (Å²) >= 11 is 0. The molecule has 0 saturated carbocycles. The Bertz CT molecular complexity index is 2990. The molecule has 0 unspecified atom stereocenters. The van der Waals surface area contributed by atoms with Crippen molar-refractivity contribution in [2.75, 3.05) is 59.0 Å². The number of nitrogens with one attached hydrogen (secondary N) is 2. The van der Waals surface area contributed by atoms with Crippen LogP contribution in [-0.4, -0.2) is 127 Å². The molecule has 400 valence electrons. The lowest BCUT2D eigenvalue weighted by atomic mass is 9.65. The molecule has 0 bridgehead atoms. The molecule has 3 amide bonds. The predicted octanol–water partition coefficient (Wildman–Crippen LogP) is 6.17. The number of amides is 3. The molecule has 5 aliphatic rings. The molecule has 3 N–H and O–H groups in total. The third-order valence-corrected chi connectivity index (χ3v) is 15.5. The van der Waals surface area contributed by atoms with Gasteiger partial charge in [-0.1, -0.05) is 116 Å². The van der Waals surface area contributed by atoms with Crippen molar-refractivity contribution < 1.29 is 57.6 Å². The van der Waals surface area contributed by atoms with E-state index in [0.717, 1.165) is 30.5 Å². The highest BCUT2D eigenvalue weighted by Crippen LogP contribution is 2.65. The van der Waals surface area contributed by atoms with Crippen LogP contribution in [0.3, 0.4) is 0 Å². The minimum absolute atomic E-state index is 0.0449. The van der Waals surface area contributed by atoms with Crippen molar-refractivity contribution in [1.29, 1.82) is 0 Å². The van der Waals surface area contributed by atoms with Crippen molar-refractivity contribution in [2.24, 2.45) is 11.8 Å². The molecular weight excluding hydrogens is 983 g/mol. The van der Waals surface area contributed by atoms with Gasteiger partial charge in [-0.25, -0.2) is 0 Å². The standard InChI is InChI=1S/C60H63N5O12/c1-4-31-75-57(70)48-51-58(71)77-52(38-18-9-6-10-19-38)50(37-16-7-5-8-17-37)65(51)53(60(48)44-22-11-12-23-45(44)62-59(60)72)39-25-27-41(28-26-39)74-33-34-76-56(69)43-36-47-54(67)61-46(24-13-14-29-63(2)3)55(68)64(47)49(43)40-20-15-21-42(35-40)73-32-30-66/h4-12,15-23,25-28,35,43,46-53,66H,1,13-14,24,29-34,36H2,2-3H3,(H,61,67)(H,62,72)/t43-,46-,47-,48-,49-,50-,51-,52+,53+,60-/m0/s1. The molecule has 0 aliphatic carbocycles. The molecule has 17 heteroatoms. The number of aliphatic hydroxyl groups excluding tert-OH is 1. The number of aliphatic hydroxyl groups is 1. The average molecular weight is 1050 g/mol. The highest BCUT2D eigenvalue weighted by atomic mass is 16.6. The molecule has 0 aromatic heterocycles. The van der Waals surface area contributed by atoms with Crippen molar-refractivity contribution in [3.8, 4) is 11.5 Å². The molecule has 77 heavy (non-hydrogen) atoms. The number of cyclic esters (lactones) is 1. The van der Waals surface area contributed by atoms with E-state index in [2.05, 4.69) is 22.1 Å². The van der Waals surface area contributed by atoms with E-state index in [1.165, 1.54) is 11.0 Å². The van der Waals surface area contributed by atoms with Crippen LogP contribution in [0.4, 0.5) is 5.69 Å². The first-order chi connectivity index (χ1) is 37.5. The Labute approximate surface area is 447 Å². The average Bonchev–Trinajstić information content (AvgIpc) is 3.75. The van der Waals surface area contributed by atoms with Gasteiger partial charge in [0, 0.05) is 5.69 Å². The minimum atomic E-state index is -1.70. The summed E-state index contributed by atoms with van der Waals surface area (Å²) in [6, 6.07) is 34.8. The van der Waals surface area contributed by atoms with Gasteiger partial charge in [-0.15, -0.1) is 0 Å². The Kier molecular flexibility index (Phi) is 15.5. The third kappa shape index (κ3) is 9.94. The quantitative estimate of drug-likeness (QED) is 0.0346. The number of morpholine rings is 1. The fourth-order valence-corrected chi connectivity index (χ4v) is 12.3. The smallest absolute Gasteiger partial charge is 0.325 e. The van der Waals surface area contributed by atoms with Crippen LogP contribution in [0.2, 0.25) is 0 Å².